The zero-order chi connectivity index (χ0) is 25.4. The average molecular weight is 494 g/mol. The zero-order valence-electron chi connectivity index (χ0n) is 17.5. The molecule has 0 unspecified atom stereocenters. The van der Waals surface area contributed by atoms with Gasteiger partial charge < -0.3 is 19.9 Å². The number of ether oxygens (including phenoxy) is 2. The Morgan fingerprint density at radius 1 is 1.09 bits per heavy atom. The summed E-state index contributed by atoms with van der Waals surface area (Å²) in [7, 11) is 0. The van der Waals surface area contributed by atoms with E-state index >= 15 is 0 Å². The Bertz CT molecular complexity index is 1310. The summed E-state index contributed by atoms with van der Waals surface area (Å²) in [5, 5.41) is 11.7. The van der Waals surface area contributed by atoms with E-state index in [-0.39, 0.29) is 35.6 Å². The number of hydrogen-bond acceptors (Lipinski definition) is 5. The van der Waals surface area contributed by atoms with Gasteiger partial charge in [-0.3, -0.25) is 9.78 Å². The van der Waals surface area contributed by atoms with Gasteiger partial charge in [-0.25, -0.2) is 13.6 Å². The maximum Gasteiger partial charge on any atom is 0.573 e. The lowest BCUT2D eigenvalue weighted by molar-refractivity contribution is -0.275. The number of amides is 1. The standard InChI is InChI=1S/C23H15F5N2O5/c24-15-10-12(3-5-14(15)21(32)33)20(31)30-22(7-9-34-18-2-1-8-29-19(18)22)13-4-6-17(16(25)11-13)35-23(26,27)28/h1-6,8,10-11H,7,9H2,(H,30,31)(H,32,33)/t22-/m0/s1. The van der Waals surface area contributed by atoms with Crippen LogP contribution >= 0.6 is 0 Å². The van der Waals surface area contributed by atoms with Crippen LogP contribution in [0.1, 0.15) is 38.4 Å². The van der Waals surface area contributed by atoms with Gasteiger partial charge in [0.15, 0.2) is 11.6 Å². The SMILES string of the molecule is O=C(N[C@]1(c2ccc(OC(F)(F)F)c(F)c2)CCOc2cccnc21)c1ccc(C(=O)O)c(F)c1. The molecule has 1 atom stereocenters. The highest BCUT2D eigenvalue weighted by atomic mass is 19.4. The fourth-order valence-electron chi connectivity index (χ4n) is 3.80. The van der Waals surface area contributed by atoms with Crippen LogP contribution in [0.4, 0.5) is 22.0 Å². The molecule has 4 rings (SSSR count). The van der Waals surface area contributed by atoms with Gasteiger partial charge in [0.05, 0.1) is 12.2 Å². The molecule has 2 heterocycles. The Hall–Kier alpha value is -4.22. The van der Waals surface area contributed by atoms with Crippen LogP contribution in [-0.4, -0.2) is 34.9 Å². The molecule has 0 fully saturated rings. The summed E-state index contributed by atoms with van der Waals surface area (Å²) in [6.07, 6.45) is -3.74. The highest BCUT2D eigenvalue weighted by molar-refractivity contribution is 5.96. The van der Waals surface area contributed by atoms with E-state index in [0.29, 0.717) is 0 Å². The van der Waals surface area contributed by atoms with Crippen molar-refractivity contribution in [1.29, 1.82) is 0 Å². The lowest BCUT2D eigenvalue weighted by Gasteiger charge is -2.39. The number of rotatable bonds is 5. The predicted octanol–water partition coefficient (Wildman–Crippen LogP) is 4.41. The normalized spacial score (nSPS) is 17.2. The molecule has 35 heavy (non-hydrogen) atoms. The molecule has 1 amide bonds. The summed E-state index contributed by atoms with van der Waals surface area (Å²) in [4.78, 5) is 28.4. The number of aromatic carboxylic acids is 1. The summed E-state index contributed by atoms with van der Waals surface area (Å²) in [6.45, 7) is 0.0215. The van der Waals surface area contributed by atoms with E-state index in [1.807, 2.05) is 0 Å². The maximum absolute atomic E-state index is 14.6. The molecule has 1 aromatic heterocycles. The number of carbonyl (C=O) groups excluding carboxylic acids is 1. The van der Waals surface area contributed by atoms with Gasteiger partial charge in [0.25, 0.3) is 5.91 Å². The van der Waals surface area contributed by atoms with Crippen LogP contribution in [-0.2, 0) is 5.54 Å². The lowest BCUT2D eigenvalue weighted by atomic mass is 9.81. The molecule has 3 aromatic rings. The van der Waals surface area contributed by atoms with E-state index < -0.39 is 46.7 Å². The first kappa shape index (κ1) is 23.9. The summed E-state index contributed by atoms with van der Waals surface area (Å²) < 4.78 is 75.8. The third-order valence-corrected chi connectivity index (χ3v) is 5.35. The number of benzene rings is 2. The highest BCUT2D eigenvalue weighted by Gasteiger charge is 2.43. The zero-order valence-corrected chi connectivity index (χ0v) is 17.5. The van der Waals surface area contributed by atoms with Crippen molar-refractivity contribution in [3.8, 4) is 11.5 Å². The number of carboxylic acid groups (broad SMARTS) is 1. The Labute approximate surface area is 194 Å². The Morgan fingerprint density at radius 2 is 1.86 bits per heavy atom. The average Bonchev–Trinajstić information content (AvgIpc) is 2.79. The maximum atomic E-state index is 14.6. The van der Waals surface area contributed by atoms with Crippen molar-refractivity contribution in [1.82, 2.24) is 10.3 Å². The van der Waals surface area contributed by atoms with Gasteiger partial charge in [0, 0.05) is 18.2 Å². The topological polar surface area (TPSA) is 97.8 Å². The highest BCUT2D eigenvalue weighted by Crippen LogP contribution is 2.42. The number of fused-ring (bicyclic) bond motifs is 1. The first-order valence-electron chi connectivity index (χ1n) is 9.99. The third kappa shape index (κ3) is 4.72. The van der Waals surface area contributed by atoms with Crippen molar-refractivity contribution in [3.63, 3.8) is 0 Å². The first-order chi connectivity index (χ1) is 16.5. The van der Waals surface area contributed by atoms with Crippen LogP contribution in [0.2, 0.25) is 0 Å². The van der Waals surface area contributed by atoms with E-state index in [2.05, 4.69) is 15.0 Å². The van der Waals surface area contributed by atoms with Gasteiger partial charge in [-0.2, -0.15) is 0 Å². The second-order valence-electron chi connectivity index (χ2n) is 7.50. The quantitative estimate of drug-likeness (QED) is 0.510. The van der Waals surface area contributed by atoms with Crippen molar-refractivity contribution in [2.24, 2.45) is 0 Å². The fraction of sp³-hybridized carbons (Fsp3) is 0.174. The number of pyridine rings is 1. The molecule has 0 bridgehead atoms. The number of halogens is 5. The van der Waals surface area contributed by atoms with Gasteiger partial charge in [-0.15, -0.1) is 13.2 Å². The third-order valence-electron chi connectivity index (χ3n) is 5.35. The second kappa shape index (κ2) is 8.85. The van der Waals surface area contributed by atoms with E-state index in [9.17, 15) is 31.5 Å². The van der Waals surface area contributed by atoms with Crippen molar-refractivity contribution in [2.45, 2.75) is 18.3 Å². The van der Waals surface area contributed by atoms with Gasteiger partial charge in [-0.05, 0) is 48.0 Å². The first-order valence-corrected chi connectivity index (χ1v) is 9.99. The largest absolute Gasteiger partial charge is 0.573 e. The summed E-state index contributed by atoms with van der Waals surface area (Å²) in [5.41, 5.74) is -2.29. The van der Waals surface area contributed by atoms with Crippen molar-refractivity contribution in [3.05, 3.63) is 88.7 Å². The van der Waals surface area contributed by atoms with Crippen LogP contribution in [0.3, 0.4) is 0 Å². The van der Waals surface area contributed by atoms with Crippen molar-refractivity contribution < 1.29 is 46.1 Å². The van der Waals surface area contributed by atoms with Gasteiger partial charge in [0.2, 0.25) is 0 Å². The molecule has 2 aromatic carbocycles. The minimum Gasteiger partial charge on any atom is -0.491 e. The molecule has 0 spiro atoms. The summed E-state index contributed by atoms with van der Waals surface area (Å²) in [5.74, 6) is -5.70. The van der Waals surface area contributed by atoms with E-state index in [1.54, 1.807) is 12.1 Å². The summed E-state index contributed by atoms with van der Waals surface area (Å²) in [6, 6.07) is 8.52. The van der Waals surface area contributed by atoms with Crippen LogP contribution in [0, 0.1) is 11.6 Å². The van der Waals surface area contributed by atoms with Crippen molar-refractivity contribution >= 4 is 11.9 Å². The van der Waals surface area contributed by atoms with Crippen LogP contribution in [0.25, 0.3) is 0 Å². The smallest absolute Gasteiger partial charge is 0.491 e. The molecule has 0 saturated heterocycles. The molecule has 7 nitrogen and oxygen atoms in total. The number of carboxylic acids is 1. The molecular formula is C23H15F5N2O5. The molecule has 1 aliphatic heterocycles. The van der Waals surface area contributed by atoms with Gasteiger partial charge >= 0.3 is 12.3 Å². The Morgan fingerprint density at radius 3 is 2.51 bits per heavy atom. The monoisotopic (exact) mass is 494 g/mol. The number of carbonyl (C=O) groups is 2. The molecule has 0 aliphatic carbocycles. The minimum absolute atomic E-state index is 0.00262. The minimum atomic E-state index is -5.12. The Balaban J connectivity index is 1.79. The molecule has 12 heteroatoms. The van der Waals surface area contributed by atoms with Crippen LogP contribution in [0.15, 0.2) is 54.7 Å². The number of nitrogens with one attached hydrogen (secondary N) is 1. The Kier molecular flexibility index (Phi) is 6.05. The van der Waals surface area contributed by atoms with Gasteiger partial charge in [0.1, 0.15) is 22.8 Å². The van der Waals surface area contributed by atoms with Crippen LogP contribution in [0.5, 0.6) is 11.5 Å². The lowest BCUT2D eigenvalue weighted by Crippen LogP contribution is -2.50. The molecule has 182 valence electrons. The van der Waals surface area contributed by atoms with E-state index in [1.165, 1.54) is 6.20 Å². The molecule has 1 aliphatic rings. The number of nitrogens with zero attached hydrogens (tertiary/aromatic N) is 1. The molecular weight excluding hydrogens is 479 g/mol. The van der Waals surface area contributed by atoms with E-state index in [4.69, 9.17) is 9.84 Å². The van der Waals surface area contributed by atoms with Crippen molar-refractivity contribution in [2.75, 3.05) is 6.61 Å². The van der Waals surface area contributed by atoms with Crippen LogP contribution < -0.4 is 14.8 Å². The number of aromatic nitrogens is 1. The number of hydrogen-bond donors (Lipinski definition) is 2. The number of alkyl halides is 3. The second-order valence-corrected chi connectivity index (χ2v) is 7.50. The fourth-order valence-corrected chi connectivity index (χ4v) is 3.80. The van der Waals surface area contributed by atoms with E-state index in [0.717, 1.165) is 36.4 Å². The summed E-state index contributed by atoms with van der Waals surface area (Å²) >= 11 is 0. The molecule has 2 N–H and O–H groups in total. The predicted molar refractivity (Wildman–Crippen MR) is 109 cm³/mol. The molecule has 0 radical (unpaired) electrons. The van der Waals surface area contributed by atoms with Gasteiger partial charge in [-0.1, -0.05) is 6.07 Å². The molecule has 0 saturated carbocycles.